The van der Waals surface area contributed by atoms with Crippen LogP contribution in [-0.2, 0) is 21.0 Å². The molecule has 9 nitrogen and oxygen atoms in total. The highest BCUT2D eigenvalue weighted by atomic mass is 32.2. The summed E-state index contributed by atoms with van der Waals surface area (Å²) in [6, 6.07) is 5.11. The number of halogens is 3. The molecule has 29 heavy (non-hydrogen) atoms. The molecule has 2 N–H and O–H groups in total. The molecule has 0 saturated carbocycles. The molecular weight excluding hydrogens is 419 g/mol. The standard InChI is InChI=1S/C16H14F3N3O6S/c1-9(23)20-10-3-5-13(12(7-10)16(17,18)19)21-29(26,27)15-8-11(22(24)25)4-6-14(15)28-2/h3-8,21H,1-2H3,(H,20,23). The molecule has 0 radical (unpaired) electrons. The van der Waals surface area contributed by atoms with Gasteiger partial charge >= 0.3 is 6.18 Å². The van der Waals surface area contributed by atoms with Crippen molar-refractivity contribution in [3.05, 3.63) is 52.1 Å². The monoisotopic (exact) mass is 433 g/mol. The predicted molar refractivity (Wildman–Crippen MR) is 96.2 cm³/mol. The molecule has 0 unspecified atom stereocenters. The third-order valence-corrected chi connectivity index (χ3v) is 4.92. The van der Waals surface area contributed by atoms with Crippen molar-refractivity contribution in [1.29, 1.82) is 0 Å². The number of carbonyl (C=O) groups is 1. The van der Waals surface area contributed by atoms with Gasteiger partial charge in [0.1, 0.15) is 10.6 Å². The predicted octanol–water partition coefficient (Wildman–Crippen LogP) is 3.38. The van der Waals surface area contributed by atoms with Gasteiger partial charge in [-0.15, -0.1) is 0 Å². The minimum absolute atomic E-state index is 0.194. The lowest BCUT2D eigenvalue weighted by Gasteiger charge is -2.17. The smallest absolute Gasteiger partial charge is 0.418 e. The molecule has 0 fully saturated rings. The SMILES string of the molecule is COc1ccc([N+](=O)[O-])cc1S(=O)(=O)Nc1ccc(NC(C)=O)cc1C(F)(F)F. The topological polar surface area (TPSA) is 128 Å². The number of hydrogen-bond donors (Lipinski definition) is 2. The van der Waals surface area contributed by atoms with Crippen LogP contribution in [0.5, 0.6) is 5.75 Å². The summed E-state index contributed by atoms with van der Waals surface area (Å²) >= 11 is 0. The van der Waals surface area contributed by atoms with E-state index in [2.05, 4.69) is 5.32 Å². The van der Waals surface area contributed by atoms with Gasteiger partial charge in [-0.3, -0.25) is 19.6 Å². The number of rotatable bonds is 6. The van der Waals surface area contributed by atoms with Crippen molar-refractivity contribution < 1.29 is 36.0 Å². The van der Waals surface area contributed by atoms with E-state index in [1.54, 1.807) is 4.72 Å². The minimum Gasteiger partial charge on any atom is -0.495 e. The summed E-state index contributed by atoms with van der Waals surface area (Å²) in [6.45, 7) is 1.10. The highest BCUT2D eigenvalue weighted by Gasteiger charge is 2.35. The summed E-state index contributed by atoms with van der Waals surface area (Å²) in [5.74, 6) is -0.917. The number of nitro groups is 1. The second-order valence-corrected chi connectivity index (χ2v) is 7.29. The van der Waals surface area contributed by atoms with Crippen molar-refractivity contribution in [1.82, 2.24) is 0 Å². The third kappa shape index (κ3) is 5.13. The summed E-state index contributed by atoms with van der Waals surface area (Å²) in [4.78, 5) is 20.4. The average molecular weight is 433 g/mol. The van der Waals surface area contributed by atoms with Gasteiger partial charge in [-0.05, 0) is 24.3 Å². The fraction of sp³-hybridized carbons (Fsp3) is 0.188. The minimum atomic E-state index is -4.96. The van der Waals surface area contributed by atoms with E-state index >= 15 is 0 Å². The number of ether oxygens (including phenoxy) is 1. The Hall–Kier alpha value is -3.35. The van der Waals surface area contributed by atoms with Gasteiger partial charge < -0.3 is 10.1 Å². The van der Waals surface area contributed by atoms with Crippen molar-refractivity contribution in [2.24, 2.45) is 0 Å². The number of non-ortho nitro benzene ring substituents is 1. The van der Waals surface area contributed by atoms with Gasteiger partial charge in [-0.25, -0.2) is 8.42 Å². The van der Waals surface area contributed by atoms with Crippen molar-refractivity contribution in [2.45, 2.75) is 18.0 Å². The van der Waals surface area contributed by atoms with Crippen molar-refractivity contribution in [2.75, 3.05) is 17.1 Å². The fourth-order valence-corrected chi connectivity index (χ4v) is 3.61. The van der Waals surface area contributed by atoms with Crippen LogP contribution >= 0.6 is 0 Å². The Bertz CT molecular complexity index is 1070. The number of sulfonamides is 1. The van der Waals surface area contributed by atoms with Gasteiger partial charge in [0.25, 0.3) is 15.7 Å². The maximum absolute atomic E-state index is 13.4. The van der Waals surface area contributed by atoms with E-state index in [0.717, 1.165) is 38.3 Å². The first-order chi connectivity index (χ1) is 13.3. The van der Waals surface area contributed by atoms with Crippen molar-refractivity contribution >= 4 is 33.0 Å². The van der Waals surface area contributed by atoms with E-state index in [1.807, 2.05) is 0 Å². The maximum Gasteiger partial charge on any atom is 0.418 e. The zero-order chi connectivity index (χ0) is 22.0. The van der Waals surface area contributed by atoms with Crippen LogP contribution in [0.1, 0.15) is 12.5 Å². The molecule has 0 aromatic heterocycles. The number of hydrogen-bond acceptors (Lipinski definition) is 6. The Morgan fingerprint density at radius 2 is 1.83 bits per heavy atom. The van der Waals surface area contributed by atoms with E-state index in [9.17, 15) is 36.5 Å². The molecule has 156 valence electrons. The van der Waals surface area contributed by atoms with E-state index in [4.69, 9.17) is 4.74 Å². The number of benzene rings is 2. The van der Waals surface area contributed by atoms with Crippen LogP contribution in [0.2, 0.25) is 0 Å². The number of nitrogens with zero attached hydrogens (tertiary/aromatic N) is 1. The van der Waals surface area contributed by atoms with E-state index in [1.165, 1.54) is 0 Å². The molecule has 2 aromatic rings. The Kier molecular flexibility index (Phi) is 6.01. The van der Waals surface area contributed by atoms with Gasteiger partial charge in [0, 0.05) is 24.7 Å². The summed E-state index contributed by atoms with van der Waals surface area (Å²) in [7, 11) is -3.60. The first-order valence-electron chi connectivity index (χ1n) is 7.69. The Morgan fingerprint density at radius 1 is 1.17 bits per heavy atom. The molecule has 1 amide bonds. The van der Waals surface area contributed by atoms with Crippen molar-refractivity contribution in [3.63, 3.8) is 0 Å². The van der Waals surface area contributed by atoms with Crippen LogP contribution in [0.4, 0.5) is 30.2 Å². The van der Waals surface area contributed by atoms with Crippen molar-refractivity contribution in [3.8, 4) is 5.75 Å². The van der Waals surface area contributed by atoms with E-state index < -0.39 is 48.9 Å². The van der Waals surface area contributed by atoms with Gasteiger partial charge in [0.05, 0.1) is 23.3 Å². The second-order valence-electron chi connectivity index (χ2n) is 5.64. The molecule has 2 aromatic carbocycles. The largest absolute Gasteiger partial charge is 0.495 e. The number of methoxy groups -OCH3 is 1. The molecule has 0 heterocycles. The quantitative estimate of drug-likeness (QED) is 0.531. The number of nitrogens with one attached hydrogen (secondary N) is 2. The summed E-state index contributed by atoms with van der Waals surface area (Å²) in [5.41, 5.74) is -2.99. The lowest BCUT2D eigenvalue weighted by atomic mass is 10.1. The zero-order valence-corrected chi connectivity index (χ0v) is 15.7. The molecule has 0 aliphatic rings. The number of anilines is 2. The molecule has 0 aliphatic carbocycles. The lowest BCUT2D eigenvalue weighted by Crippen LogP contribution is -2.18. The number of alkyl halides is 3. The van der Waals surface area contributed by atoms with Crippen LogP contribution < -0.4 is 14.8 Å². The maximum atomic E-state index is 13.4. The third-order valence-electron chi connectivity index (χ3n) is 3.54. The van der Waals surface area contributed by atoms with E-state index in [-0.39, 0.29) is 11.4 Å². The first kappa shape index (κ1) is 21.9. The van der Waals surface area contributed by atoms with Crippen LogP contribution in [0.15, 0.2) is 41.3 Å². The Labute approximate surface area is 162 Å². The lowest BCUT2D eigenvalue weighted by molar-refractivity contribution is -0.385. The molecule has 2 rings (SSSR count). The average Bonchev–Trinajstić information content (AvgIpc) is 2.60. The molecule has 0 bridgehead atoms. The molecule has 0 saturated heterocycles. The number of nitro benzene ring substituents is 1. The van der Waals surface area contributed by atoms with Crippen LogP contribution in [0, 0.1) is 10.1 Å². The fourth-order valence-electron chi connectivity index (χ4n) is 2.34. The summed E-state index contributed by atoms with van der Waals surface area (Å²) in [5, 5.41) is 13.1. The Balaban J connectivity index is 2.56. The second kappa shape index (κ2) is 7.95. The normalized spacial score (nSPS) is 11.6. The van der Waals surface area contributed by atoms with Gasteiger partial charge in [-0.1, -0.05) is 0 Å². The molecule has 13 heteroatoms. The summed E-state index contributed by atoms with van der Waals surface area (Å²) in [6.07, 6.45) is -4.96. The van der Waals surface area contributed by atoms with Crippen LogP contribution in [0.3, 0.4) is 0 Å². The number of carbonyl (C=O) groups excluding carboxylic acids is 1. The molecular formula is C16H14F3N3O6S. The van der Waals surface area contributed by atoms with Gasteiger partial charge in [-0.2, -0.15) is 13.2 Å². The number of amides is 1. The van der Waals surface area contributed by atoms with Gasteiger partial charge in [0.2, 0.25) is 5.91 Å². The Morgan fingerprint density at radius 3 is 2.34 bits per heavy atom. The van der Waals surface area contributed by atoms with Crippen LogP contribution in [-0.4, -0.2) is 26.4 Å². The molecule has 0 atom stereocenters. The highest BCUT2D eigenvalue weighted by Crippen LogP contribution is 2.38. The van der Waals surface area contributed by atoms with Crippen LogP contribution in [0.25, 0.3) is 0 Å². The zero-order valence-electron chi connectivity index (χ0n) is 14.9. The van der Waals surface area contributed by atoms with Gasteiger partial charge in [0.15, 0.2) is 0 Å². The molecule has 0 spiro atoms. The summed E-state index contributed by atoms with van der Waals surface area (Å²) < 4.78 is 72.1. The first-order valence-corrected chi connectivity index (χ1v) is 9.17. The van der Waals surface area contributed by atoms with E-state index in [0.29, 0.717) is 12.1 Å². The highest BCUT2D eigenvalue weighted by molar-refractivity contribution is 7.92. The molecule has 0 aliphatic heterocycles.